The predicted octanol–water partition coefficient (Wildman–Crippen LogP) is 2.92. The highest BCUT2D eigenvalue weighted by Crippen LogP contribution is 2.24. The molecule has 0 spiro atoms. The van der Waals surface area contributed by atoms with Gasteiger partial charge in [0.05, 0.1) is 6.04 Å². The van der Waals surface area contributed by atoms with Crippen molar-refractivity contribution in [2.24, 2.45) is 0 Å². The number of piperazine rings is 1. The van der Waals surface area contributed by atoms with Gasteiger partial charge in [0.2, 0.25) is 0 Å². The smallest absolute Gasteiger partial charge is 0.410 e. The van der Waals surface area contributed by atoms with Crippen LogP contribution in [0.2, 0.25) is 5.15 Å². The predicted molar refractivity (Wildman–Crippen MR) is 82.5 cm³/mol. The van der Waals surface area contributed by atoms with Crippen LogP contribution in [0, 0.1) is 6.92 Å². The largest absolute Gasteiger partial charge is 0.444 e. The van der Waals surface area contributed by atoms with Crippen molar-refractivity contribution in [3.05, 3.63) is 28.5 Å². The minimum atomic E-state index is -0.486. The second kappa shape index (κ2) is 6.20. The second-order valence-corrected chi connectivity index (χ2v) is 6.62. The number of hydrogen-bond acceptors (Lipinski definition) is 4. The van der Waals surface area contributed by atoms with Gasteiger partial charge in [-0.1, -0.05) is 17.7 Å². The van der Waals surface area contributed by atoms with E-state index in [1.807, 2.05) is 39.8 Å². The summed E-state index contributed by atoms with van der Waals surface area (Å²) in [6.07, 6.45) is -0.287. The van der Waals surface area contributed by atoms with Gasteiger partial charge in [-0.2, -0.15) is 0 Å². The van der Waals surface area contributed by atoms with Crippen LogP contribution in [-0.4, -0.2) is 41.2 Å². The number of hydrogen-bond donors (Lipinski definition) is 1. The van der Waals surface area contributed by atoms with Crippen LogP contribution in [0.4, 0.5) is 4.79 Å². The molecule has 116 valence electrons. The molecular weight excluding hydrogens is 290 g/mol. The normalized spacial score (nSPS) is 19.5. The third kappa shape index (κ3) is 4.32. The number of pyridine rings is 1. The van der Waals surface area contributed by atoms with E-state index in [2.05, 4.69) is 10.3 Å². The maximum atomic E-state index is 12.2. The number of ether oxygens (including phenoxy) is 1. The molecule has 2 rings (SSSR count). The zero-order chi connectivity index (χ0) is 15.6. The molecule has 1 aromatic heterocycles. The van der Waals surface area contributed by atoms with Crippen molar-refractivity contribution in [1.29, 1.82) is 0 Å². The molecule has 1 aliphatic rings. The lowest BCUT2D eigenvalue weighted by molar-refractivity contribution is 0.0195. The van der Waals surface area contributed by atoms with E-state index in [4.69, 9.17) is 16.3 Å². The van der Waals surface area contributed by atoms with Crippen LogP contribution in [0.15, 0.2) is 12.1 Å². The van der Waals surface area contributed by atoms with Crippen LogP contribution >= 0.6 is 11.6 Å². The second-order valence-electron chi connectivity index (χ2n) is 6.27. The third-order valence-electron chi connectivity index (χ3n) is 3.22. The van der Waals surface area contributed by atoms with Crippen molar-refractivity contribution in [1.82, 2.24) is 15.2 Å². The lowest BCUT2D eigenvalue weighted by Gasteiger charge is -2.35. The van der Waals surface area contributed by atoms with Crippen molar-refractivity contribution in [3.63, 3.8) is 0 Å². The quantitative estimate of drug-likeness (QED) is 0.810. The summed E-state index contributed by atoms with van der Waals surface area (Å²) in [7, 11) is 0. The molecule has 1 aromatic rings. The van der Waals surface area contributed by atoms with Gasteiger partial charge in [0.15, 0.2) is 0 Å². The lowest BCUT2D eigenvalue weighted by atomic mass is 10.1. The van der Waals surface area contributed by atoms with Gasteiger partial charge in [0.1, 0.15) is 10.8 Å². The summed E-state index contributed by atoms with van der Waals surface area (Å²) >= 11 is 6.21. The average molecular weight is 312 g/mol. The first-order valence-corrected chi connectivity index (χ1v) is 7.48. The number of rotatable bonds is 1. The summed E-state index contributed by atoms with van der Waals surface area (Å²) in [4.78, 5) is 18.1. The SMILES string of the molecule is Cc1ccc(C2CN(C(=O)OC(C)(C)C)CCN2)c(Cl)n1. The number of nitrogens with zero attached hydrogens (tertiary/aromatic N) is 2. The molecule has 0 bridgehead atoms. The lowest BCUT2D eigenvalue weighted by Crippen LogP contribution is -2.49. The molecule has 0 aromatic carbocycles. The van der Waals surface area contributed by atoms with E-state index in [1.165, 1.54) is 0 Å². The van der Waals surface area contributed by atoms with E-state index in [0.29, 0.717) is 24.8 Å². The summed E-state index contributed by atoms with van der Waals surface area (Å²) < 4.78 is 5.42. The Hall–Kier alpha value is -1.33. The molecule has 1 amide bonds. The molecule has 5 nitrogen and oxygen atoms in total. The molecule has 6 heteroatoms. The fourth-order valence-corrected chi connectivity index (χ4v) is 2.57. The van der Waals surface area contributed by atoms with Gasteiger partial charge in [0, 0.05) is 30.9 Å². The Balaban J connectivity index is 2.08. The van der Waals surface area contributed by atoms with Crippen molar-refractivity contribution in [2.45, 2.75) is 39.3 Å². The molecule has 1 N–H and O–H groups in total. The van der Waals surface area contributed by atoms with Gasteiger partial charge in [-0.05, 0) is 33.8 Å². The molecule has 2 heterocycles. The van der Waals surface area contributed by atoms with Gasteiger partial charge in [-0.15, -0.1) is 0 Å². The summed E-state index contributed by atoms with van der Waals surface area (Å²) in [5.74, 6) is 0. The molecule has 21 heavy (non-hydrogen) atoms. The van der Waals surface area contributed by atoms with E-state index in [0.717, 1.165) is 11.3 Å². The number of amides is 1. The van der Waals surface area contributed by atoms with Gasteiger partial charge in [-0.25, -0.2) is 9.78 Å². The van der Waals surface area contributed by atoms with Crippen LogP contribution in [-0.2, 0) is 4.74 Å². The Labute approximate surface area is 130 Å². The third-order valence-corrected chi connectivity index (χ3v) is 3.52. The number of carbonyl (C=O) groups is 1. The Morgan fingerprint density at radius 3 is 2.81 bits per heavy atom. The van der Waals surface area contributed by atoms with Gasteiger partial charge >= 0.3 is 6.09 Å². The molecule has 1 unspecified atom stereocenters. The first-order valence-electron chi connectivity index (χ1n) is 7.10. The summed E-state index contributed by atoms with van der Waals surface area (Å²) in [6, 6.07) is 3.86. The Morgan fingerprint density at radius 2 is 2.19 bits per heavy atom. The maximum absolute atomic E-state index is 12.2. The molecule has 1 fully saturated rings. The number of carbonyl (C=O) groups excluding carboxylic acids is 1. The van der Waals surface area contributed by atoms with E-state index in [9.17, 15) is 4.79 Å². The molecule has 0 aliphatic carbocycles. The summed E-state index contributed by atoms with van der Waals surface area (Å²) in [5.41, 5.74) is 1.31. The number of halogens is 1. The molecule has 0 radical (unpaired) electrons. The van der Waals surface area contributed by atoms with Crippen molar-refractivity contribution in [3.8, 4) is 0 Å². The topological polar surface area (TPSA) is 54.5 Å². The van der Waals surface area contributed by atoms with Crippen LogP contribution in [0.25, 0.3) is 0 Å². The summed E-state index contributed by atoms with van der Waals surface area (Å²) in [5, 5.41) is 3.85. The zero-order valence-corrected chi connectivity index (χ0v) is 13.7. The van der Waals surface area contributed by atoms with Gasteiger partial charge in [-0.3, -0.25) is 0 Å². The van der Waals surface area contributed by atoms with Gasteiger partial charge in [0.25, 0.3) is 0 Å². The summed E-state index contributed by atoms with van der Waals surface area (Å²) in [6.45, 7) is 9.36. The Kier molecular flexibility index (Phi) is 4.74. The standard InChI is InChI=1S/C15H22ClN3O2/c1-10-5-6-11(13(16)18-10)12-9-19(8-7-17-12)14(20)21-15(2,3)4/h5-6,12,17H,7-9H2,1-4H3. The molecule has 1 atom stereocenters. The van der Waals surface area contributed by atoms with Crippen molar-refractivity contribution < 1.29 is 9.53 Å². The van der Waals surface area contributed by atoms with Crippen LogP contribution in [0.1, 0.15) is 38.1 Å². The van der Waals surface area contributed by atoms with Crippen LogP contribution < -0.4 is 5.32 Å². The Morgan fingerprint density at radius 1 is 1.48 bits per heavy atom. The Bertz CT molecular complexity index is 528. The van der Waals surface area contributed by atoms with E-state index >= 15 is 0 Å². The minimum Gasteiger partial charge on any atom is -0.444 e. The van der Waals surface area contributed by atoms with Crippen LogP contribution in [0.3, 0.4) is 0 Å². The fourth-order valence-electron chi connectivity index (χ4n) is 2.25. The highest BCUT2D eigenvalue weighted by Gasteiger charge is 2.29. The molecule has 1 saturated heterocycles. The molecule has 1 aliphatic heterocycles. The van der Waals surface area contributed by atoms with E-state index in [-0.39, 0.29) is 12.1 Å². The highest BCUT2D eigenvalue weighted by molar-refractivity contribution is 6.30. The monoisotopic (exact) mass is 311 g/mol. The van der Waals surface area contributed by atoms with Gasteiger partial charge < -0.3 is 15.0 Å². The zero-order valence-electron chi connectivity index (χ0n) is 12.9. The number of aryl methyl sites for hydroxylation is 1. The number of aromatic nitrogens is 1. The van der Waals surface area contributed by atoms with Crippen molar-refractivity contribution >= 4 is 17.7 Å². The van der Waals surface area contributed by atoms with E-state index in [1.54, 1.807) is 4.90 Å². The number of nitrogens with one attached hydrogen (secondary N) is 1. The first kappa shape index (κ1) is 16.0. The highest BCUT2D eigenvalue weighted by atomic mass is 35.5. The maximum Gasteiger partial charge on any atom is 0.410 e. The first-order chi connectivity index (χ1) is 9.76. The molecular formula is C15H22ClN3O2. The molecule has 0 saturated carbocycles. The van der Waals surface area contributed by atoms with Crippen LogP contribution in [0.5, 0.6) is 0 Å². The minimum absolute atomic E-state index is 0.0214. The van der Waals surface area contributed by atoms with Crippen molar-refractivity contribution in [2.75, 3.05) is 19.6 Å². The fraction of sp³-hybridized carbons (Fsp3) is 0.600. The van der Waals surface area contributed by atoms with E-state index < -0.39 is 5.60 Å². The average Bonchev–Trinajstić information content (AvgIpc) is 2.37.